The van der Waals surface area contributed by atoms with Crippen LogP contribution in [-0.2, 0) is 0 Å². The minimum atomic E-state index is -1.21. The predicted molar refractivity (Wildman–Crippen MR) is 79.3 cm³/mol. The summed E-state index contributed by atoms with van der Waals surface area (Å²) in [6, 6.07) is 8.11. The molecule has 0 aliphatic heterocycles. The second-order valence-electron chi connectivity index (χ2n) is 3.92. The summed E-state index contributed by atoms with van der Waals surface area (Å²) in [5.74, 6) is -1.36. The van der Waals surface area contributed by atoms with Gasteiger partial charge in [0, 0.05) is 21.6 Å². The first-order valence-electron chi connectivity index (χ1n) is 5.53. The number of halogens is 2. The van der Waals surface area contributed by atoms with Gasteiger partial charge in [0.15, 0.2) is 0 Å². The van der Waals surface area contributed by atoms with E-state index >= 15 is 0 Å². The molecule has 0 unspecified atom stereocenters. The quantitative estimate of drug-likeness (QED) is 0.630. The lowest BCUT2D eigenvalue weighted by Gasteiger charge is -2.09. The summed E-state index contributed by atoms with van der Waals surface area (Å²) in [4.78, 5) is 21.5. The lowest BCUT2D eigenvalue weighted by molar-refractivity contribution is -0.385. The van der Waals surface area contributed by atoms with Crippen LogP contribution in [0.25, 0.3) is 0 Å². The van der Waals surface area contributed by atoms with Crippen molar-refractivity contribution in [3.05, 3.63) is 61.6 Å². The third-order valence-corrected chi connectivity index (χ3v) is 3.24. The number of aromatic carboxylic acids is 1. The predicted octanol–water partition coefficient (Wildman–Crippen LogP) is 4.50. The van der Waals surface area contributed by atoms with Gasteiger partial charge in [-0.2, -0.15) is 0 Å². The molecule has 0 radical (unpaired) electrons. The third kappa shape index (κ3) is 3.50. The van der Waals surface area contributed by atoms with E-state index in [1.54, 1.807) is 6.07 Å². The van der Waals surface area contributed by atoms with Crippen molar-refractivity contribution in [1.82, 2.24) is 0 Å². The fourth-order valence-corrected chi connectivity index (χ4v) is 2.12. The molecule has 6 nitrogen and oxygen atoms in total. The van der Waals surface area contributed by atoms with Gasteiger partial charge in [0.1, 0.15) is 11.3 Å². The van der Waals surface area contributed by atoms with Crippen molar-refractivity contribution in [3.8, 4) is 11.5 Å². The van der Waals surface area contributed by atoms with Crippen molar-refractivity contribution >= 4 is 39.2 Å². The van der Waals surface area contributed by atoms with E-state index in [1.165, 1.54) is 30.3 Å². The summed E-state index contributed by atoms with van der Waals surface area (Å²) in [5, 5.41) is 20.3. The van der Waals surface area contributed by atoms with Crippen molar-refractivity contribution in [2.45, 2.75) is 0 Å². The first-order valence-corrected chi connectivity index (χ1v) is 6.70. The summed E-state index contributed by atoms with van der Waals surface area (Å²) in [6.07, 6.45) is 0. The Bertz CT molecular complexity index is 734. The zero-order valence-electron chi connectivity index (χ0n) is 10.2. The number of ether oxygens (including phenoxy) is 1. The Balaban J connectivity index is 2.50. The van der Waals surface area contributed by atoms with E-state index in [9.17, 15) is 14.9 Å². The molecule has 0 atom stereocenters. The molecule has 21 heavy (non-hydrogen) atoms. The summed E-state index contributed by atoms with van der Waals surface area (Å²) < 4.78 is 5.92. The highest BCUT2D eigenvalue weighted by Crippen LogP contribution is 2.35. The molecule has 0 aliphatic rings. The van der Waals surface area contributed by atoms with Crippen LogP contribution in [0.15, 0.2) is 40.9 Å². The number of carbonyl (C=O) groups is 1. The normalized spacial score (nSPS) is 10.2. The Labute approximate surface area is 132 Å². The van der Waals surface area contributed by atoms with Crippen molar-refractivity contribution in [2.24, 2.45) is 0 Å². The SMILES string of the molecule is O=C(O)c1cc(Br)ccc1Oc1cc(Cl)ccc1[N+](=O)[O-]. The van der Waals surface area contributed by atoms with E-state index in [2.05, 4.69) is 15.9 Å². The van der Waals surface area contributed by atoms with Crippen LogP contribution in [-0.4, -0.2) is 16.0 Å². The molecule has 0 amide bonds. The van der Waals surface area contributed by atoms with Gasteiger partial charge in [-0.25, -0.2) is 4.79 Å². The summed E-state index contributed by atoms with van der Waals surface area (Å²) >= 11 is 8.94. The number of nitrogens with zero attached hydrogens (tertiary/aromatic N) is 1. The van der Waals surface area contributed by atoms with E-state index < -0.39 is 10.9 Å². The van der Waals surface area contributed by atoms with Crippen molar-refractivity contribution in [3.63, 3.8) is 0 Å². The molecule has 2 aromatic rings. The first kappa shape index (κ1) is 15.3. The summed E-state index contributed by atoms with van der Waals surface area (Å²) in [6.45, 7) is 0. The van der Waals surface area contributed by atoms with Gasteiger partial charge in [-0.05, 0) is 24.3 Å². The standard InChI is InChI=1S/C13H7BrClNO5/c14-7-1-4-11(9(5-7)13(17)18)21-12-6-8(15)2-3-10(12)16(19)20/h1-6H,(H,17,18). The number of carboxylic acid groups (broad SMARTS) is 1. The Morgan fingerprint density at radius 3 is 2.57 bits per heavy atom. The van der Waals surface area contributed by atoms with Crippen molar-refractivity contribution in [2.75, 3.05) is 0 Å². The number of carboxylic acids is 1. The monoisotopic (exact) mass is 371 g/mol. The number of nitro groups is 1. The average Bonchev–Trinajstić information content (AvgIpc) is 2.40. The molecule has 1 N–H and O–H groups in total. The van der Waals surface area contributed by atoms with E-state index in [4.69, 9.17) is 21.4 Å². The topological polar surface area (TPSA) is 89.7 Å². The van der Waals surface area contributed by atoms with E-state index in [0.29, 0.717) is 4.47 Å². The molecule has 0 spiro atoms. The molecular weight excluding hydrogens is 366 g/mol. The summed E-state index contributed by atoms with van der Waals surface area (Å²) in [5.41, 5.74) is -0.433. The van der Waals surface area contributed by atoms with Crippen LogP contribution in [0.1, 0.15) is 10.4 Å². The Kier molecular flexibility index (Phi) is 4.44. The molecule has 8 heteroatoms. The number of benzene rings is 2. The maximum absolute atomic E-state index is 11.2. The molecule has 0 saturated carbocycles. The number of hydrogen-bond acceptors (Lipinski definition) is 4. The molecule has 0 aliphatic carbocycles. The van der Waals surface area contributed by atoms with Crippen LogP contribution in [0.3, 0.4) is 0 Å². The van der Waals surface area contributed by atoms with Gasteiger partial charge >= 0.3 is 11.7 Å². The first-order chi connectivity index (χ1) is 9.88. The fraction of sp³-hybridized carbons (Fsp3) is 0. The van der Waals surface area contributed by atoms with Gasteiger partial charge in [0.25, 0.3) is 0 Å². The third-order valence-electron chi connectivity index (χ3n) is 2.51. The lowest BCUT2D eigenvalue weighted by atomic mass is 10.2. The summed E-state index contributed by atoms with van der Waals surface area (Å²) in [7, 11) is 0. The smallest absolute Gasteiger partial charge is 0.339 e. The van der Waals surface area contributed by atoms with E-state index in [-0.39, 0.29) is 27.8 Å². The highest BCUT2D eigenvalue weighted by atomic mass is 79.9. The zero-order valence-corrected chi connectivity index (χ0v) is 12.6. The molecule has 2 aromatic carbocycles. The van der Waals surface area contributed by atoms with Gasteiger partial charge in [0.05, 0.1) is 4.92 Å². The molecule has 0 aromatic heterocycles. The van der Waals surface area contributed by atoms with Crippen LogP contribution in [0.5, 0.6) is 11.5 Å². The van der Waals surface area contributed by atoms with Gasteiger partial charge < -0.3 is 9.84 Å². The maximum Gasteiger partial charge on any atom is 0.339 e. The minimum absolute atomic E-state index is 0.0175. The van der Waals surface area contributed by atoms with E-state index in [1.807, 2.05) is 0 Å². The van der Waals surface area contributed by atoms with Crippen LogP contribution in [0.2, 0.25) is 5.02 Å². The van der Waals surface area contributed by atoms with Gasteiger partial charge in [-0.1, -0.05) is 27.5 Å². The molecule has 2 rings (SSSR count). The van der Waals surface area contributed by atoms with Crippen LogP contribution < -0.4 is 4.74 Å². The zero-order chi connectivity index (χ0) is 15.6. The highest BCUT2D eigenvalue weighted by Gasteiger charge is 2.19. The highest BCUT2D eigenvalue weighted by molar-refractivity contribution is 9.10. The van der Waals surface area contributed by atoms with Crippen LogP contribution in [0.4, 0.5) is 5.69 Å². The molecular formula is C13H7BrClNO5. The van der Waals surface area contributed by atoms with Gasteiger partial charge in [-0.3, -0.25) is 10.1 Å². The molecule has 0 heterocycles. The average molecular weight is 373 g/mol. The van der Waals surface area contributed by atoms with Gasteiger partial charge in [-0.15, -0.1) is 0 Å². The van der Waals surface area contributed by atoms with Crippen molar-refractivity contribution < 1.29 is 19.6 Å². The number of nitro benzene ring substituents is 1. The fourth-order valence-electron chi connectivity index (χ4n) is 1.60. The van der Waals surface area contributed by atoms with Gasteiger partial charge in [0.2, 0.25) is 5.75 Å². The minimum Gasteiger partial charge on any atom is -0.478 e. The Morgan fingerprint density at radius 1 is 1.24 bits per heavy atom. The second-order valence-corrected chi connectivity index (χ2v) is 5.27. The largest absolute Gasteiger partial charge is 0.478 e. The van der Waals surface area contributed by atoms with Crippen molar-refractivity contribution in [1.29, 1.82) is 0 Å². The number of hydrogen-bond donors (Lipinski definition) is 1. The molecule has 0 fully saturated rings. The van der Waals surface area contributed by atoms with Crippen LogP contribution in [0, 0.1) is 10.1 Å². The Hall–Kier alpha value is -2.12. The lowest BCUT2D eigenvalue weighted by Crippen LogP contribution is -2.01. The number of rotatable bonds is 4. The second kappa shape index (κ2) is 6.11. The molecule has 108 valence electrons. The maximum atomic E-state index is 11.2. The Morgan fingerprint density at radius 2 is 1.95 bits per heavy atom. The van der Waals surface area contributed by atoms with Crippen LogP contribution >= 0.6 is 27.5 Å². The van der Waals surface area contributed by atoms with E-state index in [0.717, 1.165) is 0 Å². The molecule has 0 saturated heterocycles. The molecule has 0 bridgehead atoms.